The summed E-state index contributed by atoms with van der Waals surface area (Å²) in [6.07, 6.45) is 0. The van der Waals surface area contributed by atoms with Crippen LogP contribution in [0.5, 0.6) is 0 Å². The van der Waals surface area contributed by atoms with Crippen molar-refractivity contribution in [3.05, 3.63) is 65.5 Å². The third-order valence-electron chi connectivity index (χ3n) is 4.80. The second kappa shape index (κ2) is 5.83. The Morgan fingerprint density at radius 2 is 1.54 bits per heavy atom. The largest absolute Gasteiger partial charge is 0.494 e. The van der Waals surface area contributed by atoms with Crippen LogP contribution in [0, 0.1) is 5.82 Å². The van der Waals surface area contributed by atoms with Crippen LogP contribution < -0.4 is 5.46 Å². The molecular weight excluding hydrogens is 306 g/mol. The lowest BCUT2D eigenvalue weighted by molar-refractivity contribution is 0.00578. The van der Waals surface area contributed by atoms with Crippen molar-refractivity contribution >= 4 is 18.4 Å². The van der Waals surface area contributed by atoms with E-state index in [-0.39, 0.29) is 11.3 Å². The second-order valence-electron chi connectivity index (χ2n) is 7.02. The van der Waals surface area contributed by atoms with Gasteiger partial charge < -0.3 is 9.31 Å². The summed E-state index contributed by atoms with van der Waals surface area (Å²) in [4.78, 5) is 12.4. The molecule has 0 amide bonds. The van der Waals surface area contributed by atoms with E-state index in [0.717, 1.165) is 0 Å². The van der Waals surface area contributed by atoms with Gasteiger partial charge in [0.1, 0.15) is 5.82 Å². The lowest BCUT2D eigenvalue weighted by atomic mass is 9.78. The quantitative estimate of drug-likeness (QED) is 0.641. The summed E-state index contributed by atoms with van der Waals surface area (Å²) in [5.41, 5.74) is 0.0799. The minimum Gasteiger partial charge on any atom is -0.399 e. The highest BCUT2D eigenvalue weighted by atomic mass is 19.1. The Hall–Kier alpha value is -1.98. The fraction of sp³-hybridized carbons (Fsp3) is 0.316. The van der Waals surface area contributed by atoms with Crippen molar-refractivity contribution < 1.29 is 18.5 Å². The monoisotopic (exact) mass is 326 g/mol. The van der Waals surface area contributed by atoms with Crippen LogP contribution in [0.25, 0.3) is 0 Å². The average molecular weight is 326 g/mol. The first kappa shape index (κ1) is 16.9. The number of hydrogen-bond donors (Lipinski definition) is 0. The molecule has 1 saturated heterocycles. The summed E-state index contributed by atoms with van der Waals surface area (Å²) in [5, 5.41) is 0. The molecule has 1 aliphatic rings. The summed E-state index contributed by atoms with van der Waals surface area (Å²) >= 11 is 0. The summed E-state index contributed by atoms with van der Waals surface area (Å²) in [6, 6.07) is 13.2. The van der Waals surface area contributed by atoms with E-state index in [2.05, 4.69) is 0 Å². The van der Waals surface area contributed by atoms with Crippen LogP contribution >= 0.6 is 0 Å². The highest BCUT2D eigenvalue weighted by Crippen LogP contribution is 2.36. The van der Waals surface area contributed by atoms with E-state index in [1.165, 1.54) is 12.1 Å². The van der Waals surface area contributed by atoms with Crippen LogP contribution in [-0.2, 0) is 9.31 Å². The molecule has 2 aromatic rings. The summed E-state index contributed by atoms with van der Waals surface area (Å²) < 4.78 is 26.3. The molecule has 1 aliphatic heterocycles. The van der Waals surface area contributed by atoms with E-state index >= 15 is 0 Å². The minimum atomic E-state index is -0.648. The lowest BCUT2D eigenvalue weighted by Gasteiger charge is -2.32. The SMILES string of the molecule is CC1(C)OB(c2ccc(C(=O)c3ccccc3)c(F)c2)OC1(C)C. The highest BCUT2D eigenvalue weighted by molar-refractivity contribution is 6.62. The molecule has 0 radical (unpaired) electrons. The molecule has 1 heterocycles. The third kappa shape index (κ3) is 2.90. The number of hydrogen-bond acceptors (Lipinski definition) is 3. The van der Waals surface area contributed by atoms with E-state index in [1.54, 1.807) is 30.3 Å². The standard InChI is InChI=1S/C19H20BFO3/c1-18(2)19(3,4)24-20(23-18)14-10-11-15(16(21)12-14)17(22)13-8-6-5-7-9-13/h5-12H,1-4H3. The van der Waals surface area contributed by atoms with Crippen molar-refractivity contribution in [3.8, 4) is 0 Å². The molecular formula is C19H20BFO3. The van der Waals surface area contributed by atoms with Crippen molar-refractivity contribution in [1.82, 2.24) is 0 Å². The van der Waals surface area contributed by atoms with Gasteiger partial charge in [0.25, 0.3) is 0 Å². The molecule has 24 heavy (non-hydrogen) atoms. The van der Waals surface area contributed by atoms with Crippen molar-refractivity contribution in [1.29, 1.82) is 0 Å². The van der Waals surface area contributed by atoms with Crippen molar-refractivity contribution in [2.45, 2.75) is 38.9 Å². The average Bonchev–Trinajstić information content (AvgIpc) is 2.75. The minimum absolute atomic E-state index is 0.0430. The van der Waals surface area contributed by atoms with Gasteiger partial charge in [-0.15, -0.1) is 0 Å². The molecule has 3 rings (SSSR count). The molecule has 0 saturated carbocycles. The topological polar surface area (TPSA) is 35.5 Å². The van der Waals surface area contributed by atoms with Crippen molar-refractivity contribution in [2.24, 2.45) is 0 Å². The Morgan fingerprint density at radius 3 is 2.08 bits per heavy atom. The number of benzene rings is 2. The summed E-state index contributed by atoms with van der Waals surface area (Å²) in [7, 11) is -0.648. The van der Waals surface area contributed by atoms with Crippen LogP contribution in [-0.4, -0.2) is 24.1 Å². The van der Waals surface area contributed by atoms with Gasteiger partial charge >= 0.3 is 7.12 Å². The number of halogens is 1. The molecule has 1 fully saturated rings. The predicted molar refractivity (Wildman–Crippen MR) is 92.0 cm³/mol. The first-order valence-corrected chi connectivity index (χ1v) is 7.96. The van der Waals surface area contributed by atoms with Gasteiger partial charge in [0.05, 0.1) is 16.8 Å². The molecule has 0 spiro atoms. The molecule has 0 aromatic heterocycles. The van der Waals surface area contributed by atoms with Crippen LogP contribution in [0.15, 0.2) is 48.5 Å². The van der Waals surface area contributed by atoms with Gasteiger partial charge in [-0.2, -0.15) is 0 Å². The van der Waals surface area contributed by atoms with E-state index in [1.807, 2.05) is 33.8 Å². The molecule has 3 nitrogen and oxygen atoms in total. The van der Waals surface area contributed by atoms with Crippen LogP contribution in [0.1, 0.15) is 43.6 Å². The van der Waals surface area contributed by atoms with Crippen LogP contribution in [0.2, 0.25) is 0 Å². The lowest BCUT2D eigenvalue weighted by Crippen LogP contribution is -2.41. The van der Waals surface area contributed by atoms with Crippen molar-refractivity contribution in [2.75, 3.05) is 0 Å². The van der Waals surface area contributed by atoms with Gasteiger partial charge in [0.2, 0.25) is 0 Å². The number of carbonyl (C=O) groups excluding carboxylic acids is 1. The Balaban J connectivity index is 1.88. The maximum atomic E-state index is 14.5. The normalized spacial score (nSPS) is 18.6. The predicted octanol–water partition coefficient (Wildman–Crippen LogP) is 3.36. The van der Waals surface area contributed by atoms with Gasteiger partial charge in [-0.1, -0.05) is 36.4 Å². The number of rotatable bonds is 3. The zero-order valence-electron chi connectivity index (χ0n) is 14.3. The Labute approximate surface area is 141 Å². The Bertz CT molecular complexity index is 755. The maximum absolute atomic E-state index is 14.5. The van der Waals surface area contributed by atoms with Crippen molar-refractivity contribution in [3.63, 3.8) is 0 Å². The first-order chi connectivity index (χ1) is 11.2. The van der Waals surface area contributed by atoms with Gasteiger partial charge in [0, 0.05) is 5.56 Å². The Kier molecular flexibility index (Phi) is 4.10. The second-order valence-corrected chi connectivity index (χ2v) is 7.02. The molecule has 0 atom stereocenters. The van der Waals surface area contributed by atoms with E-state index < -0.39 is 24.1 Å². The van der Waals surface area contributed by atoms with Crippen LogP contribution in [0.3, 0.4) is 0 Å². The summed E-state index contributed by atoms with van der Waals surface area (Å²) in [5.74, 6) is -0.912. The van der Waals surface area contributed by atoms with E-state index in [0.29, 0.717) is 11.0 Å². The zero-order chi connectivity index (χ0) is 17.5. The highest BCUT2D eigenvalue weighted by Gasteiger charge is 2.51. The smallest absolute Gasteiger partial charge is 0.399 e. The number of ketones is 1. The van der Waals surface area contributed by atoms with Gasteiger partial charge in [-0.05, 0) is 45.3 Å². The molecule has 0 bridgehead atoms. The maximum Gasteiger partial charge on any atom is 0.494 e. The number of carbonyl (C=O) groups is 1. The fourth-order valence-electron chi connectivity index (χ4n) is 2.59. The molecule has 0 N–H and O–H groups in total. The molecule has 2 aromatic carbocycles. The molecule has 0 unspecified atom stereocenters. The molecule has 124 valence electrons. The molecule has 0 aliphatic carbocycles. The van der Waals surface area contributed by atoms with E-state index in [4.69, 9.17) is 9.31 Å². The third-order valence-corrected chi connectivity index (χ3v) is 4.80. The van der Waals surface area contributed by atoms with Gasteiger partial charge in [-0.25, -0.2) is 4.39 Å². The van der Waals surface area contributed by atoms with Crippen LogP contribution in [0.4, 0.5) is 4.39 Å². The van der Waals surface area contributed by atoms with Gasteiger partial charge in [0.15, 0.2) is 5.78 Å². The molecule has 5 heteroatoms. The van der Waals surface area contributed by atoms with Gasteiger partial charge in [-0.3, -0.25) is 4.79 Å². The Morgan fingerprint density at radius 1 is 0.958 bits per heavy atom. The zero-order valence-corrected chi connectivity index (χ0v) is 14.3. The fourth-order valence-corrected chi connectivity index (χ4v) is 2.59. The summed E-state index contributed by atoms with van der Waals surface area (Å²) in [6.45, 7) is 7.76. The first-order valence-electron chi connectivity index (χ1n) is 7.96. The van der Waals surface area contributed by atoms with E-state index in [9.17, 15) is 9.18 Å².